The minimum atomic E-state index is -0.292. The van der Waals surface area contributed by atoms with E-state index >= 15 is 0 Å². The number of hydrogen-bond acceptors (Lipinski definition) is 3. The standard InChI is InChI=1S/C14H12N2O3/c17-10-4-1-3-9(7-10)8-16-13-11(15-14(16)19)5-2-6-12(13)18/h1-7,17-18H,8H2,(H,15,19). The largest absolute Gasteiger partial charge is 0.508 e. The maximum atomic E-state index is 11.9. The third kappa shape index (κ3) is 1.95. The van der Waals surface area contributed by atoms with E-state index in [4.69, 9.17) is 0 Å². The van der Waals surface area contributed by atoms with Gasteiger partial charge in [0.15, 0.2) is 0 Å². The summed E-state index contributed by atoms with van der Waals surface area (Å²) in [4.78, 5) is 14.6. The van der Waals surface area contributed by atoms with Gasteiger partial charge in [-0.2, -0.15) is 0 Å². The molecule has 0 aliphatic carbocycles. The van der Waals surface area contributed by atoms with Crippen LogP contribution in [0.3, 0.4) is 0 Å². The van der Waals surface area contributed by atoms with Crippen LogP contribution in [0, 0.1) is 0 Å². The highest BCUT2D eigenvalue weighted by molar-refractivity contribution is 5.81. The lowest BCUT2D eigenvalue weighted by Gasteiger charge is -2.05. The Morgan fingerprint density at radius 3 is 2.68 bits per heavy atom. The van der Waals surface area contributed by atoms with Crippen LogP contribution in [0.4, 0.5) is 0 Å². The van der Waals surface area contributed by atoms with Crippen LogP contribution in [0.5, 0.6) is 11.5 Å². The van der Waals surface area contributed by atoms with E-state index in [1.54, 1.807) is 30.3 Å². The van der Waals surface area contributed by atoms with Crippen molar-refractivity contribution in [2.45, 2.75) is 6.54 Å². The number of aromatic hydroxyl groups is 2. The van der Waals surface area contributed by atoms with Crippen molar-refractivity contribution >= 4 is 11.0 Å². The molecule has 5 heteroatoms. The highest BCUT2D eigenvalue weighted by Gasteiger charge is 2.10. The Morgan fingerprint density at radius 2 is 1.89 bits per heavy atom. The molecule has 0 aliphatic rings. The number of nitrogens with one attached hydrogen (secondary N) is 1. The number of imidazole rings is 1. The minimum Gasteiger partial charge on any atom is -0.508 e. The number of fused-ring (bicyclic) bond motifs is 1. The Balaban J connectivity index is 2.15. The van der Waals surface area contributed by atoms with Crippen molar-refractivity contribution in [3.05, 3.63) is 58.5 Å². The molecule has 1 heterocycles. The van der Waals surface area contributed by atoms with Gasteiger partial charge in [0, 0.05) is 0 Å². The highest BCUT2D eigenvalue weighted by atomic mass is 16.3. The Kier molecular flexibility index (Phi) is 2.52. The topological polar surface area (TPSA) is 78.2 Å². The normalized spacial score (nSPS) is 10.9. The predicted octanol–water partition coefficient (Wildman–Crippen LogP) is 1.79. The van der Waals surface area contributed by atoms with Crippen LogP contribution in [0.15, 0.2) is 47.3 Å². The Bertz CT molecular complexity index is 802. The molecule has 0 aliphatic heterocycles. The van der Waals surface area contributed by atoms with Crippen molar-refractivity contribution in [1.82, 2.24) is 9.55 Å². The third-order valence-corrected chi connectivity index (χ3v) is 3.02. The zero-order valence-corrected chi connectivity index (χ0v) is 10.00. The number of H-pyrrole nitrogens is 1. The molecule has 0 atom stereocenters. The van der Waals surface area contributed by atoms with E-state index in [0.29, 0.717) is 11.0 Å². The van der Waals surface area contributed by atoms with Gasteiger partial charge in [-0.25, -0.2) is 4.79 Å². The number of phenolic OH excluding ortho intramolecular Hbond substituents is 2. The van der Waals surface area contributed by atoms with Gasteiger partial charge in [0.05, 0.1) is 12.1 Å². The molecule has 0 bridgehead atoms. The summed E-state index contributed by atoms with van der Waals surface area (Å²) in [5.41, 5.74) is 1.55. The van der Waals surface area contributed by atoms with Gasteiger partial charge < -0.3 is 15.2 Å². The summed E-state index contributed by atoms with van der Waals surface area (Å²) in [6, 6.07) is 11.6. The average molecular weight is 256 g/mol. The smallest absolute Gasteiger partial charge is 0.326 e. The van der Waals surface area contributed by atoms with E-state index in [2.05, 4.69) is 4.98 Å². The van der Waals surface area contributed by atoms with Crippen LogP contribution in [-0.4, -0.2) is 19.8 Å². The second kappa shape index (κ2) is 4.20. The van der Waals surface area contributed by atoms with Crippen LogP contribution >= 0.6 is 0 Å². The summed E-state index contributed by atoms with van der Waals surface area (Å²) in [7, 11) is 0. The molecule has 0 saturated carbocycles. The first-order valence-electron chi connectivity index (χ1n) is 5.83. The van der Waals surface area contributed by atoms with Crippen LogP contribution < -0.4 is 5.69 Å². The molecule has 5 nitrogen and oxygen atoms in total. The second-order valence-corrected chi connectivity index (χ2v) is 4.36. The molecule has 2 aromatic carbocycles. The fraction of sp³-hybridized carbons (Fsp3) is 0.0714. The van der Waals surface area contributed by atoms with E-state index in [-0.39, 0.29) is 23.7 Å². The predicted molar refractivity (Wildman–Crippen MR) is 71.4 cm³/mol. The van der Waals surface area contributed by atoms with Crippen molar-refractivity contribution in [2.24, 2.45) is 0 Å². The second-order valence-electron chi connectivity index (χ2n) is 4.36. The highest BCUT2D eigenvalue weighted by Crippen LogP contribution is 2.22. The van der Waals surface area contributed by atoms with Crippen molar-refractivity contribution < 1.29 is 10.2 Å². The zero-order chi connectivity index (χ0) is 13.4. The number of nitrogens with zero attached hydrogens (tertiary/aromatic N) is 1. The van der Waals surface area contributed by atoms with Gasteiger partial charge in [-0.15, -0.1) is 0 Å². The van der Waals surface area contributed by atoms with Crippen LogP contribution in [0.1, 0.15) is 5.56 Å². The molecular weight excluding hydrogens is 244 g/mol. The fourth-order valence-electron chi connectivity index (χ4n) is 2.19. The molecule has 3 rings (SSSR count). The number of benzene rings is 2. The van der Waals surface area contributed by atoms with Gasteiger partial charge >= 0.3 is 5.69 Å². The van der Waals surface area contributed by atoms with E-state index < -0.39 is 0 Å². The van der Waals surface area contributed by atoms with Crippen molar-refractivity contribution in [3.8, 4) is 11.5 Å². The lowest BCUT2D eigenvalue weighted by molar-refractivity contribution is 0.474. The molecule has 96 valence electrons. The van der Waals surface area contributed by atoms with Crippen molar-refractivity contribution in [1.29, 1.82) is 0 Å². The number of phenols is 2. The van der Waals surface area contributed by atoms with E-state index in [1.165, 1.54) is 10.6 Å². The molecule has 0 amide bonds. The van der Waals surface area contributed by atoms with E-state index in [1.807, 2.05) is 6.07 Å². The number of aromatic amines is 1. The number of aromatic nitrogens is 2. The lowest BCUT2D eigenvalue weighted by atomic mass is 10.2. The van der Waals surface area contributed by atoms with Gasteiger partial charge in [-0.05, 0) is 29.8 Å². The first kappa shape index (κ1) is 11.4. The SMILES string of the molecule is O=c1[nH]c2cccc(O)c2n1Cc1cccc(O)c1. The van der Waals surface area contributed by atoms with Gasteiger partial charge in [0.25, 0.3) is 0 Å². The van der Waals surface area contributed by atoms with Gasteiger partial charge in [0.1, 0.15) is 17.0 Å². The number of para-hydroxylation sites is 1. The molecule has 19 heavy (non-hydrogen) atoms. The van der Waals surface area contributed by atoms with Gasteiger partial charge in [-0.3, -0.25) is 4.57 Å². The summed E-state index contributed by atoms with van der Waals surface area (Å²) in [6.07, 6.45) is 0. The summed E-state index contributed by atoms with van der Waals surface area (Å²) in [5.74, 6) is 0.200. The quantitative estimate of drug-likeness (QED) is 0.654. The van der Waals surface area contributed by atoms with Crippen molar-refractivity contribution in [2.75, 3.05) is 0 Å². The molecular formula is C14H12N2O3. The van der Waals surface area contributed by atoms with Crippen LogP contribution in [0.25, 0.3) is 11.0 Å². The van der Waals surface area contributed by atoms with Crippen LogP contribution in [0.2, 0.25) is 0 Å². The van der Waals surface area contributed by atoms with Gasteiger partial charge in [-0.1, -0.05) is 18.2 Å². The maximum Gasteiger partial charge on any atom is 0.326 e. The summed E-state index contributed by atoms with van der Waals surface area (Å²) >= 11 is 0. The first-order chi connectivity index (χ1) is 9.15. The monoisotopic (exact) mass is 256 g/mol. The minimum absolute atomic E-state index is 0.0519. The molecule has 3 N–H and O–H groups in total. The zero-order valence-electron chi connectivity index (χ0n) is 10.00. The van der Waals surface area contributed by atoms with E-state index in [0.717, 1.165) is 5.56 Å². The maximum absolute atomic E-state index is 11.9. The Labute approximate surface area is 108 Å². The summed E-state index contributed by atoms with van der Waals surface area (Å²) < 4.78 is 1.44. The van der Waals surface area contributed by atoms with E-state index in [9.17, 15) is 15.0 Å². The molecule has 0 fully saturated rings. The summed E-state index contributed by atoms with van der Waals surface area (Å²) in [6.45, 7) is 0.283. The van der Waals surface area contributed by atoms with Gasteiger partial charge in [0.2, 0.25) is 0 Å². The summed E-state index contributed by atoms with van der Waals surface area (Å²) in [5, 5.41) is 19.3. The Hall–Kier alpha value is -2.69. The first-order valence-corrected chi connectivity index (χ1v) is 5.83. The van der Waals surface area contributed by atoms with Crippen molar-refractivity contribution in [3.63, 3.8) is 0 Å². The van der Waals surface area contributed by atoms with Crippen LogP contribution in [-0.2, 0) is 6.54 Å². The average Bonchev–Trinajstić information content (AvgIpc) is 2.67. The molecule has 3 aromatic rings. The Morgan fingerprint density at radius 1 is 1.11 bits per heavy atom. The molecule has 0 saturated heterocycles. The molecule has 0 radical (unpaired) electrons. The molecule has 1 aromatic heterocycles. The lowest BCUT2D eigenvalue weighted by Crippen LogP contribution is -2.17. The molecule has 0 spiro atoms. The number of hydrogen-bond donors (Lipinski definition) is 3. The number of rotatable bonds is 2. The fourth-order valence-corrected chi connectivity index (χ4v) is 2.19. The third-order valence-electron chi connectivity index (χ3n) is 3.02. The molecule has 0 unspecified atom stereocenters.